The molecule has 0 bridgehead atoms. The maximum Gasteiger partial charge on any atom is 0.242 e. The summed E-state index contributed by atoms with van der Waals surface area (Å²) >= 11 is 0. The van der Waals surface area contributed by atoms with Crippen molar-refractivity contribution in [2.45, 2.75) is 59.0 Å². The molecule has 0 spiro atoms. The van der Waals surface area contributed by atoms with Crippen LogP contribution in [0, 0.1) is 0 Å². The molecule has 150 valence electrons. The fourth-order valence-electron chi connectivity index (χ4n) is 4.16. The van der Waals surface area contributed by atoms with Crippen LogP contribution in [0.1, 0.15) is 44.4 Å². The Morgan fingerprint density at radius 3 is 2.63 bits per heavy atom. The van der Waals surface area contributed by atoms with E-state index in [1.54, 1.807) is 7.05 Å². The van der Waals surface area contributed by atoms with E-state index in [9.17, 15) is 4.79 Å². The summed E-state index contributed by atoms with van der Waals surface area (Å²) in [7, 11) is 1.77. The van der Waals surface area contributed by atoms with Gasteiger partial charge in [-0.15, -0.1) is 24.0 Å². The van der Waals surface area contributed by atoms with Crippen molar-refractivity contribution in [3.8, 4) is 0 Å². The molecule has 0 saturated carbocycles. The molecule has 0 aliphatic carbocycles. The second-order valence-electron chi connectivity index (χ2n) is 8.02. The van der Waals surface area contributed by atoms with Gasteiger partial charge in [0.05, 0.1) is 25.3 Å². The van der Waals surface area contributed by atoms with Crippen molar-refractivity contribution < 1.29 is 9.53 Å². The number of carbonyl (C=O) groups is 1. The molecular weight excluding hydrogens is 455 g/mol. The van der Waals surface area contributed by atoms with Crippen molar-refractivity contribution in [2.24, 2.45) is 4.99 Å². The zero-order valence-electron chi connectivity index (χ0n) is 16.9. The van der Waals surface area contributed by atoms with E-state index in [1.165, 1.54) is 16.7 Å². The number of fused-ring (bicyclic) bond motifs is 1. The molecule has 0 aromatic heterocycles. The van der Waals surface area contributed by atoms with Crippen LogP contribution in [0.15, 0.2) is 23.2 Å². The molecule has 1 N–H and O–H groups in total. The molecule has 2 heterocycles. The largest absolute Gasteiger partial charge is 0.372 e. The monoisotopic (exact) mass is 486 g/mol. The Balaban J connectivity index is 0.00000261. The fourth-order valence-corrected chi connectivity index (χ4v) is 4.16. The quantitative estimate of drug-likeness (QED) is 0.406. The lowest BCUT2D eigenvalue weighted by molar-refractivity contribution is -0.145. The Morgan fingerprint density at radius 2 is 2.00 bits per heavy atom. The van der Waals surface area contributed by atoms with Crippen molar-refractivity contribution in [1.29, 1.82) is 0 Å². The number of aliphatic imine (C=N–C) groups is 1. The van der Waals surface area contributed by atoms with Gasteiger partial charge in [0.25, 0.3) is 0 Å². The topological polar surface area (TPSA) is 57.2 Å². The van der Waals surface area contributed by atoms with Crippen LogP contribution >= 0.6 is 24.0 Å². The maximum absolute atomic E-state index is 12.7. The number of benzene rings is 1. The summed E-state index contributed by atoms with van der Waals surface area (Å²) in [6.45, 7) is 11.6. The van der Waals surface area contributed by atoms with Gasteiger partial charge in [-0.2, -0.15) is 0 Å². The van der Waals surface area contributed by atoms with Crippen LogP contribution in [0.25, 0.3) is 0 Å². The molecule has 1 saturated heterocycles. The lowest BCUT2D eigenvalue weighted by atomic mass is 9.96. The van der Waals surface area contributed by atoms with Crippen LogP contribution in [-0.4, -0.2) is 53.4 Å². The number of hydrogen-bond donors (Lipinski definition) is 1. The van der Waals surface area contributed by atoms with Crippen LogP contribution in [-0.2, 0) is 29.3 Å². The van der Waals surface area contributed by atoms with Gasteiger partial charge in [0.1, 0.15) is 0 Å². The van der Waals surface area contributed by atoms with Crippen molar-refractivity contribution in [3.63, 3.8) is 0 Å². The van der Waals surface area contributed by atoms with E-state index in [0.717, 1.165) is 12.5 Å². The number of nitrogens with zero attached hydrogens (tertiary/aromatic N) is 3. The molecule has 0 unspecified atom stereocenters. The Morgan fingerprint density at radius 1 is 1.30 bits per heavy atom. The number of halogens is 1. The lowest BCUT2D eigenvalue weighted by Crippen LogP contribution is -2.66. The molecule has 0 radical (unpaired) electrons. The highest BCUT2D eigenvalue weighted by molar-refractivity contribution is 14.0. The molecule has 1 fully saturated rings. The standard InChI is InChI=1S/C20H30N4O2.HI/c1-14(2)24-18(25)10-23(13-20(24,3)4)19(21-5)22-9-15-6-7-16-11-26-12-17(16)8-15;/h6-8,14H,9-13H2,1-5H3,(H,21,22);1H. The maximum atomic E-state index is 12.7. The molecule has 2 aliphatic heterocycles. The highest BCUT2D eigenvalue weighted by Crippen LogP contribution is 2.25. The summed E-state index contributed by atoms with van der Waals surface area (Å²) in [5.74, 6) is 0.917. The molecule has 0 atom stereocenters. The molecule has 1 amide bonds. The number of rotatable bonds is 3. The Hall–Kier alpha value is -1.35. The van der Waals surface area contributed by atoms with Crippen molar-refractivity contribution in [3.05, 3.63) is 34.9 Å². The van der Waals surface area contributed by atoms with Gasteiger partial charge in [0, 0.05) is 26.2 Å². The van der Waals surface area contributed by atoms with Gasteiger partial charge < -0.3 is 19.9 Å². The van der Waals surface area contributed by atoms with E-state index in [-0.39, 0.29) is 41.5 Å². The molecule has 27 heavy (non-hydrogen) atoms. The van der Waals surface area contributed by atoms with Gasteiger partial charge in [0.15, 0.2) is 5.96 Å². The van der Waals surface area contributed by atoms with Gasteiger partial charge in [-0.25, -0.2) is 0 Å². The summed E-state index contributed by atoms with van der Waals surface area (Å²) in [4.78, 5) is 21.1. The molecule has 7 heteroatoms. The molecule has 3 rings (SSSR count). The van der Waals surface area contributed by atoms with E-state index in [4.69, 9.17) is 4.74 Å². The van der Waals surface area contributed by atoms with E-state index in [0.29, 0.717) is 26.3 Å². The molecular formula is C20H31IN4O2. The minimum absolute atomic E-state index is 0. The first kappa shape index (κ1) is 21.9. The third-order valence-electron chi connectivity index (χ3n) is 5.09. The summed E-state index contributed by atoms with van der Waals surface area (Å²) < 4.78 is 5.48. The third-order valence-corrected chi connectivity index (χ3v) is 5.09. The zero-order valence-corrected chi connectivity index (χ0v) is 19.2. The first-order valence-electron chi connectivity index (χ1n) is 9.28. The average molecular weight is 486 g/mol. The lowest BCUT2D eigenvalue weighted by Gasteiger charge is -2.49. The number of ether oxygens (including phenoxy) is 1. The van der Waals surface area contributed by atoms with E-state index in [1.807, 2.05) is 4.90 Å². The fraction of sp³-hybridized carbons (Fsp3) is 0.600. The van der Waals surface area contributed by atoms with E-state index < -0.39 is 0 Å². The van der Waals surface area contributed by atoms with Gasteiger partial charge in [-0.3, -0.25) is 9.79 Å². The Bertz CT molecular complexity index is 718. The van der Waals surface area contributed by atoms with E-state index >= 15 is 0 Å². The molecule has 6 nitrogen and oxygen atoms in total. The summed E-state index contributed by atoms with van der Waals surface area (Å²) in [6, 6.07) is 6.65. The summed E-state index contributed by atoms with van der Waals surface area (Å²) in [6.07, 6.45) is 0. The number of nitrogens with one attached hydrogen (secondary N) is 1. The molecule has 1 aromatic carbocycles. The predicted molar refractivity (Wildman–Crippen MR) is 118 cm³/mol. The summed E-state index contributed by atoms with van der Waals surface area (Å²) in [5, 5.41) is 3.41. The normalized spacial score (nSPS) is 19.2. The second kappa shape index (κ2) is 8.77. The number of piperazine rings is 1. The predicted octanol–water partition coefficient (Wildman–Crippen LogP) is 2.74. The number of guanidine groups is 1. The first-order valence-corrected chi connectivity index (χ1v) is 9.28. The van der Waals surface area contributed by atoms with Crippen molar-refractivity contribution in [1.82, 2.24) is 15.1 Å². The average Bonchev–Trinajstić information content (AvgIpc) is 3.01. The summed E-state index contributed by atoms with van der Waals surface area (Å²) in [5.41, 5.74) is 3.50. The van der Waals surface area contributed by atoms with Gasteiger partial charge in [-0.05, 0) is 44.4 Å². The smallest absolute Gasteiger partial charge is 0.242 e. The number of carbonyl (C=O) groups excluding carboxylic acids is 1. The minimum atomic E-state index is -0.230. The van der Waals surface area contributed by atoms with Crippen molar-refractivity contribution >= 4 is 35.8 Å². The zero-order chi connectivity index (χ0) is 18.9. The van der Waals surface area contributed by atoms with E-state index in [2.05, 4.69) is 61.1 Å². The SMILES string of the molecule is CN=C(NCc1ccc2c(c1)COC2)N1CC(=O)N(C(C)C)C(C)(C)C1.I. The number of hydrogen-bond acceptors (Lipinski definition) is 3. The molecule has 2 aliphatic rings. The highest BCUT2D eigenvalue weighted by Gasteiger charge is 2.40. The van der Waals surface area contributed by atoms with Gasteiger partial charge in [0.2, 0.25) is 5.91 Å². The minimum Gasteiger partial charge on any atom is -0.372 e. The van der Waals surface area contributed by atoms with Crippen molar-refractivity contribution in [2.75, 3.05) is 20.1 Å². The highest BCUT2D eigenvalue weighted by atomic mass is 127. The number of amides is 1. The van der Waals surface area contributed by atoms with Crippen LogP contribution in [0.4, 0.5) is 0 Å². The van der Waals surface area contributed by atoms with Crippen LogP contribution < -0.4 is 5.32 Å². The van der Waals surface area contributed by atoms with Gasteiger partial charge in [-0.1, -0.05) is 18.2 Å². The Kier molecular flexibility index (Phi) is 7.13. The molecule has 1 aromatic rings. The van der Waals surface area contributed by atoms with Crippen LogP contribution in [0.2, 0.25) is 0 Å². The van der Waals surface area contributed by atoms with Crippen LogP contribution in [0.5, 0.6) is 0 Å². The van der Waals surface area contributed by atoms with Gasteiger partial charge >= 0.3 is 0 Å². The first-order chi connectivity index (χ1) is 12.3. The van der Waals surface area contributed by atoms with Crippen LogP contribution in [0.3, 0.4) is 0 Å². The Labute approximate surface area is 179 Å². The second-order valence-corrected chi connectivity index (χ2v) is 8.02. The third kappa shape index (κ3) is 4.74.